The molecule has 2 fully saturated rings. The van der Waals surface area contributed by atoms with Crippen LogP contribution in [0, 0.1) is 0 Å². The van der Waals surface area contributed by atoms with E-state index in [1.165, 1.54) is 0 Å². The Kier molecular flexibility index (Phi) is 4.36. The van der Waals surface area contributed by atoms with E-state index in [2.05, 4.69) is 16.8 Å². The highest BCUT2D eigenvalue weighted by Crippen LogP contribution is 2.21. The third-order valence-corrected chi connectivity index (χ3v) is 3.84. The number of rotatable bonds is 3. The van der Waals surface area contributed by atoms with Crippen molar-refractivity contribution in [2.45, 2.75) is 31.3 Å². The summed E-state index contributed by atoms with van der Waals surface area (Å²) < 4.78 is 5.41. The second-order valence-corrected chi connectivity index (χ2v) is 5.10. The molecule has 0 aliphatic carbocycles. The first-order valence-corrected chi connectivity index (χ1v) is 6.40. The van der Waals surface area contributed by atoms with Crippen LogP contribution in [0.4, 0.5) is 0 Å². The van der Waals surface area contributed by atoms with Gasteiger partial charge in [0.2, 0.25) is 0 Å². The fourth-order valence-corrected chi connectivity index (χ4v) is 2.85. The Balaban J connectivity index is 1.93. The van der Waals surface area contributed by atoms with E-state index >= 15 is 0 Å². The van der Waals surface area contributed by atoms with E-state index in [1.807, 2.05) is 0 Å². The second kappa shape index (κ2) is 5.80. The number of hydrogen-bond acceptors (Lipinski definition) is 4. The molecule has 2 aliphatic rings. The Labute approximate surface area is 102 Å². The molecule has 2 saturated heterocycles. The molecule has 1 N–H and O–H groups in total. The summed E-state index contributed by atoms with van der Waals surface area (Å²) in [6.45, 7) is 4.41. The zero-order valence-corrected chi connectivity index (χ0v) is 10.5. The van der Waals surface area contributed by atoms with Gasteiger partial charge >= 0.3 is 5.97 Å². The van der Waals surface area contributed by atoms with Crippen LogP contribution in [0.3, 0.4) is 0 Å². The summed E-state index contributed by atoms with van der Waals surface area (Å²) in [6, 6.07) is 0.606. The van der Waals surface area contributed by atoms with E-state index < -0.39 is 5.97 Å². The molecule has 17 heavy (non-hydrogen) atoms. The van der Waals surface area contributed by atoms with Gasteiger partial charge in [-0.1, -0.05) is 0 Å². The summed E-state index contributed by atoms with van der Waals surface area (Å²) in [5.74, 6) is -0.724. The number of piperidine rings is 1. The number of carbonyl (C=O) groups is 1. The van der Waals surface area contributed by atoms with E-state index in [1.54, 1.807) is 0 Å². The molecule has 1 unspecified atom stereocenters. The SMILES string of the molecule is CN1CCC(N2CCOCC2CC(=O)O)CC1. The number of ether oxygens (including phenoxy) is 1. The van der Waals surface area contributed by atoms with Gasteiger partial charge < -0.3 is 14.7 Å². The molecule has 0 saturated carbocycles. The minimum absolute atomic E-state index is 0.0645. The molecule has 0 aromatic carbocycles. The van der Waals surface area contributed by atoms with Crippen molar-refractivity contribution in [1.82, 2.24) is 9.80 Å². The minimum atomic E-state index is -0.724. The van der Waals surface area contributed by atoms with E-state index in [0.717, 1.165) is 39.1 Å². The third-order valence-electron chi connectivity index (χ3n) is 3.84. The number of hydrogen-bond donors (Lipinski definition) is 1. The molecule has 98 valence electrons. The summed E-state index contributed by atoms with van der Waals surface area (Å²) in [4.78, 5) is 15.6. The van der Waals surface area contributed by atoms with E-state index in [4.69, 9.17) is 9.84 Å². The third kappa shape index (κ3) is 3.40. The molecule has 0 bridgehead atoms. The molecule has 0 aromatic rings. The summed E-state index contributed by atoms with van der Waals surface area (Å²) in [6.07, 6.45) is 2.49. The average Bonchev–Trinajstić information content (AvgIpc) is 2.30. The summed E-state index contributed by atoms with van der Waals surface area (Å²) in [5.41, 5.74) is 0. The van der Waals surface area contributed by atoms with Crippen LogP contribution in [-0.4, -0.2) is 72.9 Å². The van der Waals surface area contributed by atoms with Crippen molar-refractivity contribution in [3.8, 4) is 0 Å². The first kappa shape index (κ1) is 12.8. The maximum absolute atomic E-state index is 10.9. The fraction of sp³-hybridized carbons (Fsp3) is 0.917. The van der Waals surface area contributed by atoms with Crippen LogP contribution in [0.1, 0.15) is 19.3 Å². The number of aliphatic carboxylic acids is 1. The summed E-state index contributed by atoms with van der Waals surface area (Å²) in [5, 5.41) is 8.93. The van der Waals surface area contributed by atoms with Crippen molar-refractivity contribution in [3.05, 3.63) is 0 Å². The first-order chi connectivity index (χ1) is 8.16. The zero-order chi connectivity index (χ0) is 12.3. The highest BCUT2D eigenvalue weighted by atomic mass is 16.5. The van der Waals surface area contributed by atoms with Crippen molar-refractivity contribution < 1.29 is 14.6 Å². The predicted molar refractivity (Wildman–Crippen MR) is 64.1 cm³/mol. The topological polar surface area (TPSA) is 53.0 Å². The minimum Gasteiger partial charge on any atom is -0.481 e. The van der Waals surface area contributed by atoms with Gasteiger partial charge in [0, 0.05) is 18.6 Å². The molecule has 1 atom stereocenters. The second-order valence-electron chi connectivity index (χ2n) is 5.10. The number of nitrogens with zero attached hydrogens (tertiary/aromatic N) is 2. The molecule has 5 heteroatoms. The van der Waals surface area contributed by atoms with Crippen molar-refractivity contribution in [2.24, 2.45) is 0 Å². The Morgan fingerprint density at radius 2 is 2.06 bits per heavy atom. The van der Waals surface area contributed by atoms with Crippen molar-refractivity contribution >= 4 is 5.97 Å². The van der Waals surface area contributed by atoms with Gasteiger partial charge in [-0.05, 0) is 33.0 Å². The van der Waals surface area contributed by atoms with Gasteiger partial charge in [-0.2, -0.15) is 0 Å². The van der Waals surface area contributed by atoms with Crippen LogP contribution in [0.2, 0.25) is 0 Å². The lowest BCUT2D eigenvalue weighted by Crippen LogP contribution is -2.54. The van der Waals surface area contributed by atoms with Crippen LogP contribution in [0.5, 0.6) is 0 Å². The molecular weight excluding hydrogens is 220 g/mol. The first-order valence-electron chi connectivity index (χ1n) is 6.40. The molecule has 2 aliphatic heterocycles. The Bertz CT molecular complexity index is 264. The molecule has 0 amide bonds. The molecule has 2 rings (SSSR count). The van der Waals surface area contributed by atoms with Crippen LogP contribution in [-0.2, 0) is 9.53 Å². The summed E-state index contributed by atoms with van der Waals surface area (Å²) in [7, 11) is 2.14. The lowest BCUT2D eigenvalue weighted by molar-refractivity contribution is -0.141. The van der Waals surface area contributed by atoms with E-state index in [-0.39, 0.29) is 12.5 Å². The van der Waals surface area contributed by atoms with Crippen LogP contribution < -0.4 is 0 Å². The fourth-order valence-electron chi connectivity index (χ4n) is 2.85. The van der Waals surface area contributed by atoms with Gasteiger partial charge in [0.15, 0.2) is 0 Å². The van der Waals surface area contributed by atoms with Crippen LogP contribution in [0.15, 0.2) is 0 Å². The van der Waals surface area contributed by atoms with Crippen LogP contribution in [0.25, 0.3) is 0 Å². The highest BCUT2D eigenvalue weighted by molar-refractivity contribution is 5.67. The smallest absolute Gasteiger partial charge is 0.305 e. The van der Waals surface area contributed by atoms with Crippen molar-refractivity contribution in [2.75, 3.05) is 39.9 Å². The van der Waals surface area contributed by atoms with Crippen molar-refractivity contribution in [3.63, 3.8) is 0 Å². The number of morpholine rings is 1. The lowest BCUT2D eigenvalue weighted by atomic mass is 10.00. The van der Waals surface area contributed by atoms with Gasteiger partial charge in [0.1, 0.15) is 0 Å². The van der Waals surface area contributed by atoms with Crippen LogP contribution >= 0.6 is 0 Å². The largest absolute Gasteiger partial charge is 0.481 e. The Morgan fingerprint density at radius 1 is 1.35 bits per heavy atom. The highest BCUT2D eigenvalue weighted by Gasteiger charge is 2.32. The summed E-state index contributed by atoms with van der Waals surface area (Å²) >= 11 is 0. The maximum Gasteiger partial charge on any atom is 0.305 e. The maximum atomic E-state index is 10.9. The molecule has 0 aromatic heterocycles. The average molecular weight is 242 g/mol. The van der Waals surface area contributed by atoms with E-state index in [9.17, 15) is 4.79 Å². The predicted octanol–water partition coefficient (Wildman–Crippen LogP) is 0.256. The standard InChI is InChI=1S/C12H22N2O3/c1-13-4-2-10(3-5-13)14-6-7-17-9-11(14)8-12(15)16/h10-11H,2-9H2,1H3,(H,15,16). The monoisotopic (exact) mass is 242 g/mol. The Hall–Kier alpha value is -0.650. The Morgan fingerprint density at radius 3 is 2.71 bits per heavy atom. The normalized spacial score (nSPS) is 29.4. The van der Waals surface area contributed by atoms with Gasteiger partial charge in [-0.15, -0.1) is 0 Å². The van der Waals surface area contributed by atoms with Crippen molar-refractivity contribution in [1.29, 1.82) is 0 Å². The van der Waals surface area contributed by atoms with Gasteiger partial charge in [0.25, 0.3) is 0 Å². The molecule has 2 heterocycles. The number of carboxylic acid groups (broad SMARTS) is 1. The molecule has 5 nitrogen and oxygen atoms in total. The van der Waals surface area contributed by atoms with Gasteiger partial charge in [0.05, 0.1) is 19.6 Å². The van der Waals surface area contributed by atoms with E-state index in [0.29, 0.717) is 12.6 Å². The molecular formula is C12H22N2O3. The molecule has 0 spiro atoms. The number of carboxylic acids is 1. The van der Waals surface area contributed by atoms with Gasteiger partial charge in [-0.3, -0.25) is 9.69 Å². The number of likely N-dealkylation sites (tertiary alicyclic amines) is 1. The quantitative estimate of drug-likeness (QED) is 0.769. The lowest BCUT2D eigenvalue weighted by Gasteiger charge is -2.43. The molecule has 0 radical (unpaired) electrons. The zero-order valence-electron chi connectivity index (χ0n) is 10.5. The van der Waals surface area contributed by atoms with Gasteiger partial charge in [-0.25, -0.2) is 0 Å².